The van der Waals surface area contributed by atoms with Crippen molar-refractivity contribution >= 4 is 11.9 Å². The van der Waals surface area contributed by atoms with Crippen LogP contribution in [0.3, 0.4) is 0 Å². The third-order valence-electron chi connectivity index (χ3n) is 3.09. The minimum atomic E-state index is 0.690. The molecule has 0 aliphatic heterocycles. The van der Waals surface area contributed by atoms with E-state index < -0.39 is 0 Å². The number of rotatable bonds is 7. The van der Waals surface area contributed by atoms with Crippen molar-refractivity contribution in [3.05, 3.63) is 48.3 Å². The van der Waals surface area contributed by atoms with Gasteiger partial charge in [0, 0.05) is 31.0 Å². The molecule has 0 saturated carbocycles. The van der Waals surface area contributed by atoms with Gasteiger partial charge in [-0.3, -0.25) is 0 Å². The lowest BCUT2D eigenvalue weighted by molar-refractivity contribution is 0.400. The lowest BCUT2D eigenvalue weighted by atomic mass is 10.1. The summed E-state index contributed by atoms with van der Waals surface area (Å²) in [4.78, 5) is 2.14. The van der Waals surface area contributed by atoms with Crippen molar-refractivity contribution < 1.29 is 4.74 Å². The fourth-order valence-corrected chi connectivity index (χ4v) is 2.12. The van der Waals surface area contributed by atoms with Crippen LogP contribution in [0.25, 0.3) is 6.20 Å². The summed E-state index contributed by atoms with van der Waals surface area (Å²) in [6.45, 7) is 5.27. The van der Waals surface area contributed by atoms with E-state index in [4.69, 9.17) is 4.74 Å². The first-order chi connectivity index (χ1) is 10.1. The fraction of sp³-hybridized carbons (Fsp3) is 0.312. The lowest BCUT2D eigenvalue weighted by Gasteiger charge is -2.14. The Morgan fingerprint density at radius 3 is 2.81 bits per heavy atom. The van der Waals surface area contributed by atoms with Crippen LogP contribution in [0.1, 0.15) is 11.1 Å². The van der Waals surface area contributed by atoms with Crippen LogP contribution in [-0.2, 0) is 13.1 Å². The average Bonchev–Trinajstić information content (AvgIpc) is 2.92. The zero-order valence-corrected chi connectivity index (χ0v) is 12.8. The predicted octanol–water partition coefficient (Wildman–Crippen LogP) is 2.67. The molecule has 2 aromatic rings. The largest absolute Gasteiger partial charge is 0.495 e. The second-order valence-corrected chi connectivity index (χ2v) is 5.14. The molecule has 0 bridgehead atoms. The Balaban J connectivity index is 2.11. The summed E-state index contributed by atoms with van der Waals surface area (Å²) < 4.78 is 7.10. The standard InChI is InChI=1S/C16H22N4O/c1-5-20-12-14(10-18-20)9-17-15-8-13(11-19(2)3)6-7-16(15)21-4/h5-8,10,12,17H,1,9,11H2,2-4H3. The van der Waals surface area contributed by atoms with Crippen molar-refractivity contribution in [2.24, 2.45) is 0 Å². The van der Waals surface area contributed by atoms with Crippen molar-refractivity contribution in [1.82, 2.24) is 14.7 Å². The van der Waals surface area contributed by atoms with Crippen LogP contribution in [0.5, 0.6) is 5.75 Å². The summed E-state index contributed by atoms with van der Waals surface area (Å²) in [7, 11) is 5.80. The van der Waals surface area contributed by atoms with Gasteiger partial charge in [0.2, 0.25) is 0 Å². The molecule has 0 aliphatic carbocycles. The van der Waals surface area contributed by atoms with Crippen molar-refractivity contribution in [2.45, 2.75) is 13.1 Å². The lowest BCUT2D eigenvalue weighted by Crippen LogP contribution is -2.11. The zero-order valence-electron chi connectivity index (χ0n) is 12.8. The molecule has 1 aromatic heterocycles. The van der Waals surface area contributed by atoms with Crippen LogP contribution in [0.15, 0.2) is 37.2 Å². The SMILES string of the molecule is C=Cn1cc(CNc2cc(CN(C)C)ccc2OC)cn1. The maximum Gasteiger partial charge on any atom is 0.141 e. The van der Waals surface area contributed by atoms with Gasteiger partial charge in [0.15, 0.2) is 0 Å². The van der Waals surface area contributed by atoms with Crippen molar-refractivity contribution in [1.29, 1.82) is 0 Å². The highest BCUT2D eigenvalue weighted by atomic mass is 16.5. The first kappa shape index (κ1) is 15.1. The van der Waals surface area contributed by atoms with E-state index in [2.05, 4.69) is 48.1 Å². The van der Waals surface area contributed by atoms with Gasteiger partial charge in [-0.2, -0.15) is 5.10 Å². The molecule has 1 N–H and O–H groups in total. The van der Waals surface area contributed by atoms with Crippen LogP contribution < -0.4 is 10.1 Å². The molecular formula is C16H22N4O. The molecule has 0 amide bonds. The molecular weight excluding hydrogens is 264 g/mol. The monoisotopic (exact) mass is 286 g/mol. The second kappa shape index (κ2) is 6.95. The van der Waals surface area contributed by atoms with Crippen LogP contribution in [-0.4, -0.2) is 35.9 Å². The molecule has 112 valence electrons. The average molecular weight is 286 g/mol. The van der Waals surface area contributed by atoms with E-state index >= 15 is 0 Å². The Hall–Kier alpha value is -2.27. The Morgan fingerprint density at radius 2 is 2.19 bits per heavy atom. The summed E-state index contributed by atoms with van der Waals surface area (Å²) in [5.41, 5.74) is 3.32. The Labute approximate surface area is 125 Å². The van der Waals surface area contributed by atoms with Crippen molar-refractivity contribution in [2.75, 3.05) is 26.5 Å². The van der Waals surface area contributed by atoms with E-state index in [1.165, 1.54) is 5.56 Å². The molecule has 0 spiro atoms. The number of aromatic nitrogens is 2. The number of anilines is 1. The highest BCUT2D eigenvalue weighted by Crippen LogP contribution is 2.26. The molecule has 1 aromatic carbocycles. The number of ether oxygens (including phenoxy) is 1. The number of hydrogen-bond acceptors (Lipinski definition) is 4. The van der Waals surface area contributed by atoms with E-state index in [0.717, 1.165) is 23.5 Å². The predicted molar refractivity (Wildman–Crippen MR) is 86.3 cm³/mol. The quantitative estimate of drug-likeness (QED) is 0.849. The molecule has 0 aliphatic rings. The van der Waals surface area contributed by atoms with Gasteiger partial charge in [-0.25, -0.2) is 4.68 Å². The van der Waals surface area contributed by atoms with Gasteiger partial charge < -0.3 is 15.0 Å². The molecule has 1 heterocycles. The summed E-state index contributed by atoms with van der Waals surface area (Å²) in [5.74, 6) is 0.841. The number of nitrogens with zero attached hydrogens (tertiary/aromatic N) is 3. The molecule has 5 nitrogen and oxygen atoms in total. The molecule has 21 heavy (non-hydrogen) atoms. The minimum absolute atomic E-state index is 0.690. The van der Waals surface area contributed by atoms with Crippen LogP contribution >= 0.6 is 0 Å². The van der Waals surface area contributed by atoms with E-state index in [1.54, 1.807) is 18.0 Å². The van der Waals surface area contributed by atoms with Gasteiger partial charge in [-0.15, -0.1) is 0 Å². The maximum atomic E-state index is 5.41. The fourth-order valence-electron chi connectivity index (χ4n) is 2.12. The number of nitrogens with one attached hydrogen (secondary N) is 1. The van der Waals surface area contributed by atoms with Crippen LogP contribution in [0.2, 0.25) is 0 Å². The maximum absolute atomic E-state index is 5.41. The third-order valence-corrected chi connectivity index (χ3v) is 3.09. The summed E-state index contributed by atoms with van der Waals surface area (Å²) in [5, 5.41) is 7.57. The van der Waals surface area contributed by atoms with Crippen LogP contribution in [0, 0.1) is 0 Å². The Bertz CT molecular complexity index is 604. The molecule has 0 saturated heterocycles. The van der Waals surface area contributed by atoms with E-state index in [9.17, 15) is 0 Å². The van der Waals surface area contributed by atoms with Gasteiger partial charge in [-0.05, 0) is 31.8 Å². The molecule has 5 heteroatoms. The molecule has 0 atom stereocenters. The van der Waals surface area contributed by atoms with E-state index in [1.807, 2.05) is 18.5 Å². The van der Waals surface area contributed by atoms with Crippen molar-refractivity contribution in [3.8, 4) is 5.75 Å². The summed E-state index contributed by atoms with van der Waals surface area (Å²) in [6.07, 6.45) is 5.43. The minimum Gasteiger partial charge on any atom is -0.495 e. The highest BCUT2D eigenvalue weighted by Gasteiger charge is 2.06. The Morgan fingerprint density at radius 1 is 1.38 bits per heavy atom. The topological polar surface area (TPSA) is 42.3 Å². The number of benzene rings is 1. The Kier molecular flexibility index (Phi) is 5.00. The van der Waals surface area contributed by atoms with E-state index in [-0.39, 0.29) is 0 Å². The summed E-state index contributed by atoms with van der Waals surface area (Å²) in [6, 6.07) is 6.20. The molecule has 0 radical (unpaired) electrons. The summed E-state index contributed by atoms with van der Waals surface area (Å²) >= 11 is 0. The van der Waals surface area contributed by atoms with Gasteiger partial charge >= 0.3 is 0 Å². The van der Waals surface area contributed by atoms with Gasteiger partial charge in [0.25, 0.3) is 0 Å². The smallest absolute Gasteiger partial charge is 0.141 e. The number of methoxy groups -OCH3 is 1. The number of hydrogen-bond donors (Lipinski definition) is 1. The molecule has 0 unspecified atom stereocenters. The molecule has 2 rings (SSSR count). The van der Waals surface area contributed by atoms with Gasteiger partial charge in [0.1, 0.15) is 5.75 Å². The van der Waals surface area contributed by atoms with Gasteiger partial charge in [0.05, 0.1) is 19.0 Å². The van der Waals surface area contributed by atoms with Crippen LogP contribution in [0.4, 0.5) is 5.69 Å². The normalized spacial score (nSPS) is 10.7. The molecule has 0 fully saturated rings. The zero-order chi connectivity index (χ0) is 15.2. The second-order valence-electron chi connectivity index (χ2n) is 5.14. The van der Waals surface area contributed by atoms with E-state index in [0.29, 0.717) is 6.54 Å². The first-order valence-electron chi connectivity index (χ1n) is 6.83. The van der Waals surface area contributed by atoms with Crippen molar-refractivity contribution in [3.63, 3.8) is 0 Å². The third kappa shape index (κ3) is 4.10. The van der Waals surface area contributed by atoms with Gasteiger partial charge in [-0.1, -0.05) is 12.6 Å². The first-order valence-corrected chi connectivity index (χ1v) is 6.83. The highest BCUT2D eigenvalue weighted by molar-refractivity contribution is 5.58.